The molecule has 0 saturated carbocycles. The highest BCUT2D eigenvalue weighted by molar-refractivity contribution is 5.76. The van der Waals surface area contributed by atoms with Crippen LogP contribution in [0.5, 0.6) is 0 Å². The largest absolute Gasteiger partial charge is 0.327 e. The van der Waals surface area contributed by atoms with Gasteiger partial charge in [-0.15, -0.1) is 0 Å². The summed E-state index contributed by atoms with van der Waals surface area (Å²) >= 11 is 0. The van der Waals surface area contributed by atoms with E-state index in [-0.39, 0.29) is 0 Å². The molecule has 182 valence electrons. The molecular weight excluding hydrogens is 420 g/mol. The fraction of sp³-hybridized carbons (Fsp3) is 0.571. The second kappa shape index (κ2) is 10.5. The van der Waals surface area contributed by atoms with E-state index in [2.05, 4.69) is 70.6 Å². The summed E-state index contributed by atoms with van der Waals surface area (Å²) in [5.41, 5.74) is 4.92. The third-order valence-electron chi connectivity index (χ3n) is 7.99. The molecule has 6 nitrogen and oxygen atoms in total. The summed E-state index contributed by atoms with van der Waals surface area (Å²) in [6.07, 6.45) is 7.90. The number of nitrogens with zero attached hydrogens (tertiary/aromatic N) is 6. The Kier molecular flexibility index (Phi) is 7.28. The lowest BCUT2D eigenvalue weighted by Crippen LogP contribution is -2.44. The highest BCUT2D eigenvalue weighted by Crippen LogP contribution is 2.41. The Morgan fingerprint density at radius 3 is 2.47 bits per heavy atom. The Morgan fingerprint density at radius 2 is 1.65 bits per heavy atom. The number of aryl methyl sites for hydroxylation is 2. The maximum Gasteiger partial charge on any atom is 0.127 e. The Labute approximate surface area is 204 Å². The van der Waals surface area contributed by atoms with Gasteiger partial charge in [0.15, 0.2) is 0 Å². The predicted molar refractivity (Wildman–Crippen MR) is 139 cm³/mol. The van der Waals surface area contributed by atoms with Crippen LogP contribution in [0, 0.1) is 6.92 Å². The lowest BCUT2D eigenvalue weighted by atomic mass is 9.92. The summed E-state index contributed by atoms with van der Waals surface area (Å²) < 4.78 is 2.52. The van der Waals surface area contributed by atoms with Crippen LogP contribution in [0.1, 0.15) is 61.3 Å². The number of pyridine rings is 1. The molecule has 34 heavy (non-hydrogen) atoms. The van der Waals surface area contributed by atoms with Crippen LogP contribution >= 0.6 is 0 Å². The first kappa shape index (κ1) is 23.5. The third kappa shape index (κ3) is 4.90. The number of fused-ring (bicyclic) bond motifs is 1. The standard InChI is InChI=1S/C28H40N6/c1-22-10-9-15-29-27(22)25-13-8-14-26(32(25)3)28-30-23-11-4-5-12-24(23)34(28)17-7-6-16-33-20-18-31(2)19-21-33/h4-5,9-12,15,25-26H,6-8,13-14,16-21H2,1-3H3/t25-,26+/m0/s1. The van der Waals surface area contributed by atoms with Crippen molar-refractivity contribution in [2.75, 3.05) is 46.8 Å². The lowest BCUT2D eigenvalue weighted by Gasteiger charge is -2.39. The van der Waals surface area contributed by atoms with Gasteiger partial charge in [-0.25, -0.2) is 4.98 Å². The van der Waals surface area contributed by atoms with E-state index in [9.17, 15) is 0 Å². The van der Waals surface area contributed by atoms with Crippen LogP contribution in [-0.2, 0) is 6.54 Å². The van der Waals surface area contributed by atoms with Crippen LogP contribution in [0.4, 0.5) is 0 Å². The molecule has 3 aromatic rings. The van der Waals surface area contributed by atoms with Gasteiger partial charge < -0.3 is 14.4 Å². The van der Waals surface area contributed by atoms with Crippen LogP contribution in [0.15, 0.2) is 42.6 Å². The molecule has 0 spiro atoms. The Hall–Kier alpha value is -2.28. The van der Waals surface area contributed by atoms with Gasteiger partial charge in [-0.1, -0.05) is 18.2 Å². The van der Waals surface area contributed by atoms with Crippen molar-refractivity contribution in [2.24, 2.45) is 0 Å². The summed E-state index contributed by atoms with van der Waals surface area (Å²) in [5.74, 6) is 1.24. The molecule has 0 radical (unpaired) electrons. The number of piperazine rings is 1. The maximum atomic E-state index is 5.20. The van der Waals surface area contributed by atoms with Gasteiger partial charge in [-0.2, -0.15) is 0 Å². The van der Waals surface area contributed by atoms with Crippen LogP contribution < -0.4 is 0 Å². The van der Waals surface area contributed by atoms with E-state index in [1.54, 1.807) is 0 Å². The van der Waals surface area contributed by atoms with Gasteiger partial charge in [-0.05, 0) is 83.4 Å². The van der Waals surface area contributed by atoms with Crippen molar-refractivity contribution in [2.45, 2.75) is 57.7 Å². The van der Waals surface area contributed by atoms with Crippen molar-refractivity contribution in [1.29, 1.82) is 0 Å². The van der Waals surface area contributed by atoms with E-state index in [4.69, 9.17) is 9.97 Å². The number of piperidine rings is 1. The quantitative estimate of drug-likeness (QED) is 0.480. The number of rotatable bonds is 7. The average molecular weight is 461 g/mol. The van der Waals surface area contributed by atoms with Crippen LogP contribution in [0.3, 0.4) is 0 Å². The molecule has 2 aliphatic heterocycles. The highest BCUT2D eigenvalue weighted by atomic mass is 15.2. The number of likely N-dealkylation sites (tertiary alicyclic amines) is 1. The fourth-order valence-electron chi connectivity index (χ4n) is 5.88. The molecule has 2 saturated heterocycles. The van der Waals surface area contributed by atoms with Gasteiger partial charge in [0, 0.05) is 38.9 Å². The molecule has 0 bridgehead atoms. The SMILES string of the molecule is Cc1cccnc1[C@@H]1CCC[C@H](c2nc3ccccc3n2CCCCN2CCN(C)CC2)N1C. The molecule has 2 fully saturated rings. The number of para-hydroxylation sites is 2. The van der Waals surface area contributed by atoms with Gasteiger partial charge >= 0.3 is 0 Å². The normalized spacial score (nSPS) is 23.0. The lowest BCUT2D eigenvalue weighted by molar-refractivity contribution is 0.103. The minimum atomic E-state index is 0.324. The zero-order chi connectivity index (χ0) is 23.5. The van der Waals surface area contributed by atoms with E-state index in [0.717, 1.165) is 24.9 Å². The molecule has 1 aromatic carbocycles. The first-order valence-corrected chi connectivity index (χ1v) is 13.1. The molecular formula is C28H40N6. The molecule has 6 heteroatoms. The molecule has 4 heterocycles. The summed E-state index contributed by atoms with van der Waals surface area (Å²) in [4.78, 5) is 17.6. The van der Waals surface area contributed by atoms with Gasteiger partial charge in [0.05, 0.1) is 28.8 Å². The van der Waals surface area contributed by atoms with Crippen molar-refractivity contribution in [3.63, 3.8) is 0 Å². The molecule has 0 amide bonds. The topological polar surface area (TPSA) is 40.4 Å². The van der Waals surface area contributed by atoms with Crippen LogP contribution in [-0.4, -0.2) is 76.1 Å². The number of hydrogen-bond donors (Lipinski definition) is 0. The third-order valence-corrected chi connectivity index (χ3v) is 7.99. The molecule has 0 aliphatic carbocycles. The Balaban J connectivity index is 1.33. The number of benzene rings is 1. The smallest absolute Gasteiger partial charge is 0.127 e. The van der Waals surface area contributed by atoms with E-state index < -0.39 is 0 Å². The van der Waals surface area contributed by atoms with Crippen molar-refractivity contribution in [3.05, 3.63) is 59.7 Å². The minimum absolute atomic E-state index is 0.324. The van der Waals surface area contributed by atoms with Crippen molar-refractivity contribution in [1.82, 2.24) is 29.2 Å². The first-order valence-electron chi connectivity index (χ1n) is 13.1. The molecule has 5 rings (SSSR count). The molecule has 2 aliphatic rings. The summed E-state index contributed by atoms with van der Waals surface area (Å²) in [6.45, 7) is 9.24. The van der Waals surface area contributed by atoms with Gasteiger partial charge in [-0.3, -0.25) is 9.88 Å². The molecule has 2 atom stereocenters. The number of likely N-dealkylation sites (N-methyl/N-ethyl adjacent to an activating group) is 1. The summed E-state index contributed by atoms with van der Waals surface area (Å²) in [7, 11) is 4.50. The Morgan fingerprint density at radius 1 is 0.882 bits per heavy atom. The van der Waals surface area contributed by atoms with Crippen LogP contribution in [0.2, 0.25) is 0 Å². The van der Waals surface area contributed by atoms with Gasteiger partial charge in [0.2, 0.25) is 0 Å². The maximum absolute atomic E-state index is 5.20. The number of imidazole rings is 1. The summed E-state index contributed by atoms with van der Waals surface area (Å²) in [6, 6.07) is 13.6. The van der Waals surface area contributed by atoms with Gasteiger partial charge in [0.1, 0.15) is 5.82 Å². The highest BCUT2D eigenvalue weighted by Gasteiger charge is 2.34. The van der Waals surface area contributed by atoms with Gasteiger partial charge in [0.25, 0.3) is 0 Å². The van der Waals surface area contributed by atoms with Crippen molar-refractivity contribution in [3.8, 4) is 0 Å². The number of aromatic nitrogens is 3. The zero-order valence-electron chi connectivity index (χ0n) is 21.2. The summed E-state index contributed by atoms with van der Waals surface area (Å²) in [5, 5.41) is 0. The first-order chi connectivity index (χ1) is 16.6. The Bertz CT molecular complexity index is 1080. The van der Waals surface area contributed by atoms with Crippen LogP contribution in [0.25, 0.3) is 11.0 Å². The van der Waals surface area contributed by atoms with Crippen molar-refractivity contribution >= 4 is 11.0 Å². The number of unbranched alkanes of at least 4 members (excludes halogenated alkanes) is 1. The fourth-order valence-corrected chi connectivity index (χ4v) is 5.88. The second-order valence-electron chi connectivity index (χ2n) is 10.3. The molecule has 0 N–H and O–H groups in total. The van der Waals surface area contributed by atoms with E-state index in [1.807, 2.05) is 12.3 Å². The van der Waals surface area contributed by atoms with Crippen molar-refractivity contribution < 1.29 is 0 Å². The predicted octanol–water partition coefficient (Wildman–Crippen LogP) is 4.67. The average Bonchev–Trinajstić information content (AvgIpc) is 3.22. The van der Waals surface area contributed by atoms with E-state index in [1.165, 1.54) is 74.6 Å². The van der Waals surface area contributed by atoms with E-state index in [0.29, 0.717) is 12.1 Å². The zero-order valence-corrected chi connectivity index (χ0v) is 21.2. The van der Waals surface area contributed by atoms with E-state index >= 15 is 0 Å². The second-order valence-corrected chi connectivity index (χ2v) is 10.3. The monoisotopic (exact) mass is 460 g/mol. The minimum Gasteiger partial charge on any atom is -0.327 e. The molecule has 0 unspecified atom stereocenters. The molecule has 2 aromatic heterocycles. The number of hydrogen-bond acceptors (Lipinski definition) is 5.